The predicted molar refractivity (Wildman–Crippen MR) is 70.5 cm³/mol. The van der Waals surface area contributed by atoms with Gasteiger partial charge in [0.25, 0.3) is 0 Å². The topological polar surface area (TPSA) is 12.0 Å². The van der Waals surface area contributed by atoms with Crippen LogP contribution < -0.4 is 5.32 Å². The van der Waals surface area contributed by atoms with E-state index in [1.807, 2.05) is 18.3 Å². The molecule has 1 aliphatic carbocycles. The Morgan fingerprint density at radius 1 is 1.50 bits per heavy atom. The molecule has 86 valence electrons. The zero-order chi connectivity index (χ0) is 11.2. The molecular weight excluding hydrogens is 214 g/mol. The molecule has 0 bridgehead atoms. The van der Waals surface area contributed by atoms with Crippen molar-refractivity contribution in [1.82, 2.24) is 5.32 Å². The van der Waals surface area contributed by atoms with Crippen molar-refractivity contribution >= 4 is 11.3 Å². The summed E-state index contributed by atoms with van der Waals surface area (Å²) in [5.41, 5.74) is 0. The molecule has 1 aromatic rings. The van der Waals surface area contributed by atoms with E-state index in [-0.39, 0.29) is 0 Å². The van der Waals surface area contributed by atoms with Crippen molar-refractivity contribution < 1.29 is 0 Å². The van der Waals surface area contributed by atoms with Crippen molar-refractivity contribution in [1.29, 1.82) is 0 Å². The van der Waals surface area contributed by atoms with Crippen LogP contribution in [0.1, 0.15) is 43.5 Å². The number of nitrogens with one attached hydrogen (secondary N) is 1. The van der Waals surface area contributed by atoms with E-state index in [2.05, 4.69) is 34.7 Å². The van der Waals surface area contributed by atoms with Gasteiger partial charge in [0.1, 0.15) is 0 Å². The van der Waals surface area contributed by atoms with Crippen LogP contribution in [0.3, 0.4) is 0 Å². The second kappa shape index (κ2) is 6.08. The molecule has 16 heavy (non-hydrogen) atoms. The van der Waals surface area contributed by atoms with E-state index in [1.54, 1.807) is 0 Å². The number of rotatable bonds is 4. The summed E-state index contributed by atoms with van der Waals surface area (Å²) >= 11 is 1.87. The maximum atomic E-state index is 3.60. The molecule has 1 fully saturated rings. The lowest BCUT2D eigenvalue weighted by Crippen LogP contribution is -2.26. The van der Waals surface area contributed by atoms with E-state index in [9.17, 15) is 0 Å². The standard InChI is InChI=1S/C14H19NS/c1-2-3-10-15-14(12-7-4-5-8-12)13-9-6-11-16-13/h6,9,11-12,14-15H,4-5,7-8,10H2,1H3. The van der Waals surface area contributed by atoms with E-state index in [0.717, 1.165) is 12.5 Å². The predicted octanol–water partition coefficient (Wildman–Crippen LogP) is 3.59. The average Bonchev–Trinajstić information content (AvgIpc) is 2.97. The van der Waals surface area contributed by atoms with Crippen LogP contribution in [0.25, 0.3) is 0 Å². The minimum atomic E-state index is 0.531. The van der Waals surface area contributed by atoms with Gasteiger partial charge in [-0.2, -0.15) is 0 Å². The summed E-state index contributed by atoms with van der Waals surface area (Å²) in [6, 6.07) is 4.93. The molecule has 0 aliphatic heterocycles. The van der Waals surface area contributed by atoms with E-state index >= 15 is 0 Å². The van der Waals surface area contributed by atoms with Gasteiger partial charge in [-0.15, -0.1) is 17.3 Å². The minimum absolute atomic E-state index is 0.531. The third-order valence-electron chi connectivity index (χ3n) is 3.31. The number of hydrogen-bond acceptors (Lipinski definition) is 2. The van der Waals surface area contributed by atoms with Crippen LogP contribution in [0.5, 0.6) is 0 Å². The average molecular weight is 233 g/mol. The van der Waals surface area contributed by atoms with Crippen LogP contribution in [-0.2, 0) is 0 Å². The number of thiophene rings is 1. The lowest BCUT2D eigenvalue weighted by molar-refractivity contribution is 0.386. The fraction of sp³-hybridized carbons (Fsp3) is 0.571. The molecule has 2 rings (SSSR count). The fourth-order valence-electron chi connectivity index (χ4n) is 2.51. The highest BCUT2D eigenvalue weighted by atomic mass is 32.1. The first-order valence-electron chi connectivity index (χ1n) is 6.08. The van der Waals surface area contributed by atoms with Gasteiger partial charge in [-0.25, -0.2) is 0 Å². The summed E-state index contributed by atoms with van der Waals surface area (Å²) in [5, 5.41) is 5.77. The molecule has 0 saturated heterocycles. The smallest absolute Gasteiger partial charge is 0.0581 e. The summed E-state index contributed by atoms with van der Waals surface area (Å²) in [7, 11) is 0. The van der Waals surface area contributed by atoms with Crippen LogP contribution in [0.2, 0.25) is 0 Å². The van der Waals surface area contributed by atoms with Gasteiger partial charge in [0.05, 0.1) is 6.54 Å². The zero-order valence-electron chi connectivity index (χ0n) is 9.83. The Morgan fingerprint density at radius 2 is 2.31 bits per heavy atom. The van der Waals surface area contributed by atoms with Gasteiger partial charge in [0, 0.05) is 10.9 Å². The van der Waals surface area contributed by atoms with E-state index < -0.39 is 0 Å². The molecule has 1 aliphatic rings. The molecule has 1 saturated carbocycles. The first-order valence-corrected chi connectivity index (χ1v) is 6.96. The molecule has 0 amide bonds. The molecule has 2 heteroatoms. The fourth-order valence-corrected chi connectivity index (χ4v) is 3.40. The quantitative estimate of drug-likeness (QED) is 0.784. The Hall–Kier alpha value is -0.780. The van der Waals surface area contributed by atoms with Crippen molar-refractivity contribution in [2.24, 2.45) is 5.92 Å². The Morgan fingerprint density at radius 3 is 2.94 bits per heavy atom. The van der Waals surface area contributed by atoms with Crippen molar-refractivity contribution in [2.75, 3.05) is 6.54 Å². The summed E-state index contributed by atoms with van der Waals surface area (Å²) in [6.07, 6.45) is 5.53. The van der Waals surface area contributed by atoms with Gasteiger partial charge in [-0.05, 0) is 37.1 Å². The van der Waals surface area contributed by atoms with Crippen LogP contribution in [-0.4, -0.2) is 6.54 Å². The molecule has 1 nitrogen and oxygen atoms in total. The molecular formula is C14H19NS. The lowest BCUT2D eigenvalue weighted by atomic mass is 9.97. The molecule has 0 radical (unpaired) electrons. The minimum Gasteiger partial charge on any atom is -0.298 e. The highest BCUT2D eigenvalue weighted by Gasteiger charge is 2.26. The monoisotopic (exact) mass is 233 g/mol. The van der Waals surface area contributed by atoms with Crippen molar-refractivity contribution in [2.45, 2.75) is 38.6 Å². The first kappa shape index (κ1) is 11.7. The van der Waals surface area contributed by atoms with Gasteiger partial charge >= 0.3 is 0 Å². The van der Waals surface area contributed by atoms with Gasteiger partial charge in [0.15, 0.2) is 0 Å². The number of hydrogen-bond donors (Lipinski definition) is 1. The zero-order valence-corrected chi connectivity index (χ0v) is 10.6. The second-order valence-corrected chi connectivity index (χ2v) is 5.32. The Bertz CT molecular complexity index is 352. The molecule has 1 heterocycles. The molecule has 0 aromatic carbocycles. The Balaban J connectivity index is 2.02. The molecule has 1 aromatic heterocycles. The van der Waals surface area contributed by atoms with Gasteiger partial charge in [-0.1, -0.05) is 24.8 Å². The second-order valence-electron chi connectivity index (χ2n) is 4.35. The van der Waals surface area contributed by atoms with Crippen molar-refractivity contribution in [3.63, 3.8) is 0 Å². The molecule has 1 N–H and O–H groups in total. The maximum Gasteiger partial charge on any atom is 0.0581 e. The summed E-state index contributed by atoms with van der Waals surface area (Å²) in [6.45, 7) is 2.72. The van der Waals surface area contributed by atoms with Gasteiger partial charge in [0.2, 0.25) is 0 Å². The van der Waals surface area contributed by atoms with Gasteiger partial charge in [-0.3, -0.25) is 5.32 Å². The maximum absolute atomic E-state index is 3.60. The summed E-state index contributed by atoms with van der Waals surface area (Å²) in [4.78, 5) is 1.48. The third kappa shape index (κ3) is 2.87. The largest absolute Gasteiger partial charge is 0.298 e. The SMILES string of the molecule is CC#CCNC(c1cccs1)C1CCCC1. The summed E-state index contributed by atoms with van der Waals surface area (Å²) in [5.74, 6) is 6.87. The van der Waals surface area contributed by atoms with E-state index in [1.165, 1.54) is 30.6 Å². The summed E-state index contributed by atoms with van der Waals surface area (Å²) < 4.78 is 0. The van der Waals surface area contributed by atoms with E-state index in [4.69, 9.17) is 0 Å². The Kier molecular flexibility index (Phi) is 4.44. The van der Waals surface area contributed by atoms with Crippen LogP contribution in [0.15, 0.2) is 17.5 Å². The van der Waals surface area contributed by atoms with Crippen LogP contribution >= 0.6 is 11.3 Å². The van der Waals surface area contributed by atoms with Crippen LogP contribution in [0, 0.1) is 17.8 Å². The van der Waals surface area contributed by atoms with Crippen molar-refractivity contribution in [3.05, 3.63) is 22.4 Å². The molecule has 1 unspecified atom stereocenters. The Labute approximate surface area is 102 Å². The first-order chi connectivity index (χ1) is 7.92. The van der Waals surface area contributed by atoms with Crippen molar-refractivity contribution in [3.8, 4) is 11.8 Å². The third-order valence-corrected chi connectivity index (χ3v) is 4.26. The lowest BCUT2D eigenvalue weighted by Gasteiger charge is -2.22. The highest BCUT2D eigenvalue weighted by Crippen LogP contribution is 2.37. The normalized spacial score (nSPS) is 18.1. The molecule has 1 atom stereocenters. The highest BCUT2D eigenvalue weighted by molar-refractivity contribution is 7.10. The van der Waals surface area contributed by atoms with Gasteiger partial charge < -0.3 is 0 Å². The molecule has 0 spiro atoms. The van der Waals surface area contributed by atoms with E-state index in [0.29, 0.717) is 6.04 Å². The van der Waals surface area contributed by atoms with Crippen LogP contribution in [0.4, 0.5) is 0 Å².